The van der Waals surface area contributed by atoms with Crippen molar-refractivity contribution in [2.75, 3.05) is 6.61 Å². The molecule has 1 aromatic carbocycles. The third-order valence-corrected chi connectivity index (χ3v) is 2.12. The Morgan fingerprint density at radius 2 is 2.17 bits per heavy atom. The topological polar surface area (TPSA) is 40.5 Å². The van der Waals surface area contributed by atoms with Crippen LogP contribution in [0.5, 0.6) is 5.75 Å². The molecule has 0 aromatic heterocycles. The predicted molar refractivity (Wildman–Crippen MR) is 48.6 cm³/mol. The molecule has 1 aromatic rings. The molecule has 0 saturated carbocycles. The highest BCUT2D eigenvalue weighted by molar-refractivity contribution is 6.31. The number of aromatic hydroxyl groups is 1. The number of halogens is 1. The Balaban J connectivity index is 3.01. The largest absolute Gasteiger partial charge is 0.508 e. The Morgan fingerprint density at radius 3 is 2.67 bits per heavy atom. The van der Waals surface area contributed by atoms with E-state index in [1.807, 2.05) is 6.92 Å². The molecule has 12 heavy (non-hydrogen) atoms. The fourth-order valence-corrected chi connectivity index (χ4v) is 1.38. The van der Waals surface area contributed by atoms with Crippen LogP contribution < -0.4 is 0 Å². The van der Waals surface area contributed by atoms with E-state index in [0.29, 0.717) is 5.02 Å². The maximum Gasteiger partial charge on any atom is 0.117 e. The van der Waals surface area contributed by atoms with Crippen molar-refractivity contribution in [3.8, 4) is 5.75 Å². The second-order valence-electron chi connectivity index (χ2n) is 2.79. The fraction of sp³-hybridized carbons (Fsp3) is 0.333. The average Bonchev–Trinajstić information content (AvgIpc) is 2.03. The molecule has 66 valence electrons. The molecule has 0 bridgehead atoms. The monoisotopic (exact) mass is 186 g/mol. The van der Waals surface area contributed by atoms with Crippen LogP contribution in [-0.4, -0.2) is 16.8 Å². The number of phenols is 1. The van der Waals surface area contributed by atoms with E-state index in [4.69, 9.17) is 21.8 Å². The lowest BCUT2D eigenvalue weighted by atomic mass is 10.0. The summed E-state index contributed by atoms with van der Waals surface area (Å²) in [6, 6.07) is 4.76. The van der Waals surface area contributed by atoms with E-state index >= 15 is 0 Å². The van der Waals surface area contributed by atoms with Gasteiger partial charge in [0.15, 0.2) is 0 Å². The summed E-state index contributed by atoms with van der Waals surface area (Å²) >= 11 is 5.83. The van der Waals surface area contributed by atoms with E-state index in [-0.39, 0.29) is 18.3 Å². The second kappa shape index (κ2) is 3.78. The molecule has 0 spiro atoms. The molecule has 3 heteroatoms. The Labute approximate surface area is 76.4 Å². The van der Waals surface area contributed by atoms with Crippen molar-refractivity contribution in [1.29, 1.82) is 0 Å². The third-order valence-electron chi connectivity index (χ3n) is 1.79. The van der Waals surface area contributed by atoms with E-state index < -0.39 is 0 Å². The first-order valence-corrected chi connectivity index (χ1v) is 4.12. The van der Waals surface area contributed by atoms with Crippen LogP contribution in [0.3, 0.4) is 0 Å². The van der Waals surface area contributed by atoms with Gasteiger partial charge in [-0.05, 0) is 17.7 Å². The van der Waals surface area contributed by atoms with Crippen molar-refractivity contribution in [1.82, 2.24) is 0 Å². The molecule has 1 rings (SSSR count). The van der Waals surface area contributed by atoms with Crippen molar-refractivity contribution in [2.45, 2.75) is 12.8 Å². The van der Waals surface area contributed by atoms with Gasteiger partial charge in [-0.1, -0.05) is 24.6 Å². The predicted octanol–water partition coefficient (Wildman–Crippen LogP) is 2.14. The van der Waals surface area contributed by atoms with Crippen LogP contribution >= 0.6 is 11.6 Å². The van der Waals surface area contributed by atoms with Crippen molar-refractivity contribution >= 4 is 11.6 Å². The smallest absolute Gasteiger partial charge is 0.117 e. The van der Waals surface area contributed by atoms with Gasteiger partial charge in [0, 0.05) is 17.5 Å². The zero-order valence-electron chi connectivity index (χ0n) is 6.79. The number of rotatable bonds is 2. The summed E-state index contributed by atoms with van der Waals surface area (Å²) in [6.45, 7) is 1.93. The Bertz CT molecular complexity index is 273. The van der Waals surface area contributed by atoms with Gasteiger partial charge in [-0.2, -0.15) is 0 Å². The molecule has 0 saturated heterocycles. The van der Waals surface area contributed by atoms with Gasteiger partial charge in [0.1, 0.15) is 5.75 Å². The molecule has 0 fully saturated rings. The lowest BCUT2D eigenvalue weighted by Crippen LogP contribution is -1.99. The van der Waals surface area contributed by atoms with Crippen molar-refractivity contribution in [3.05, 3.63) is 28.8 Å². The summed E-state index contributed by atoms with van der Waals surface area (Å²) in [4.78, 5) is 0. The highest BCUT2D eigenvalue weighted by Gasteiger charge is 2.08. The zero-order valence-corrected chi connectivity index (χ0v) is 7.54. The summed E-state index contributed by atoms with van der Waals surface area (Å²) in [7, 11) is 0. The van der Waals surface area contributed by atoms with E-state index in [1.54, 1.807) is 12.1 Å². The number of aliphatic hydroxyl groups is 1. The quantitative estimate of drug-likeness (QED) is 0.743. The van der Waals surface area contributed by atoms with Gasteiger partial charge in [-0.3, -0.25) is 0 Å². The van der Waals surface area contributed by atoms with Gasteiger partial charge in [0.2, 0.25) is 0 Å². The number of hydrogen-bond donors (Lipinski definition) is 2. The minimum absolute atomic E-state index is 0.0121. The van der Waals surface area contributed by atoms with Gasteiger partial charge >= 0.3 is 0 Å². The van der Waals surface area contributed by atoms with Gasteiger partial charge in [-0.25, -0.2) is 0 Å². The van der Waals surface area contributed by atoms with E-state index in [9.17, 15) is 0 Å². The molecule has 0 radical (unpaired) electrons. The van der Waals surface area contributed by atoms with E-state index in [2.05, 4.69) is 0 Å². The number of phenolic OH excluding ortho intramolecular Hbond substituents is 1. The Hall–Kier alpha value is -0.730. The zero-order chi connectivity index (χ0) is 9.14. The van der Waals surface area contributed by atoms with Crippen molar-refractivity contribution < 1.29 is 10.2 Å². The summed E-state index contributed by atoms with van der Waals surface area (Å²) in [5.74, 6) is 0.159. The number of aliphatic hydroxyl groups excluding tert-OH is 1. The first-order chi connectivity index (χ1) is 5.65. The number of hydrogen-bond acceptors (Lipinski definition) is 2. The van der Waals surface area contributed by atoms with Gasteiger partial charge < -0.3 is 10.2 Å². The van der Waals surface area contributed by atoms with Crippen LogP contribution in [0, 0.1) is 0 Å². The molecule has 1 unspecified atom stereocenters. The lowest BCUT2D eigenvalue weighted by molar-refractivity contribution is 0.273. The van der Waals surface area contributed by atoms with Crippen LogP contribution in [0.2, 0.25) is 5.02 Å². The molecular formula is C9H11ClO2. The lowest BCUT2D eigenvalue weighted by Gasteiger charge is -2.09. The summed E-state index contributed by atoms with van der Waals surface area (Å²) in [6.07, 6.45) is 0. The Morgan fingerprint density at radius 1 is 1.50 bits per heavy atom. The molecular weight excluding hydrogens is 176 g/mol. The van der Waals surface area contributed by atoms with Gasteiger partial charge in [0.05, 0.1) is 0 Å². The summed E-state index contributed by atoms with van der Waals surface area (Å²) < 4.78 is 0. The van der Waals surface area contributed by atoms with E-state index in [1.165, 1.54) is 6.07 Å². The maximum atomic E-state index is 9.05. The molecule has 0 aliphatic heterocycles. The highest BCUT2D eigenvalue weighted by Crippen LogP contribution is 2.27. The van der Waals surface area contributed by atoms with Crippen LogP contribution in [0.25, 0.3) is 0 Å². The normalized spacial score (nSPS) is 12.9. The SMILES string of the molecule is CC(CO)c1ccc(O)cc1Cl. The van der Waals surface area contributed by atoms with Crippen LogP contribution in [0.4, 0.5) is 0 Å². The summed E-state index contributed by atoms with van der Waals surface area (Å²) in [5.41, 5.74) is 0.858. The molecule has 1 atom stereocenters. The first kappa shape index (κ1) is 9.36. The minimum Gasteiger partial charge on any atom is -0.508 e. The van der Waals surface area contributed by atoms with Gasteiger partial charge in [-0.15, -0.1) is 0 Å². The molecule has 0 heterocycles. The standard InChI is InChI=1S/C9H11ClO2/c1-6(5-11)8-3-2-7(12)4-9(8)10/h2-4,6,11-12H,5H2,1H3. The average molecular weight is 187 g/mol. The molecule has 0 aliphatic rings. The van der Waals surface area contributed by atoms with Crippen molar-refractivity contribution in [2.24, 2.45) is 0 Å². The van der Waals surface area contributed by atoms with Crippen LogP contribution in [0.1, 0.15) is 18.4 Å². The van der Waals surface area contributed by atoms with Crippen LogP contribution in [0.15, 0.2) is 18.2 Å². The highest BCUT2D eigenvalue weighted by atomic mass is 35.5. The molecule has 0 aliphatic carbocycles. The second-order valence-corrected chi connectivity index (χ2v) is 3.20. The molecule has 2 nitrogen and oxygen atoms in total. The molecule has 2 N–H and O–H groups in total. The maximum absolute atomic E-state index is 9.05. The van der Waals surface area contributed by atoms with Crippen molar-refractivity contribution in [3.63, 3.8) is 0 Å². The van der Waals surface area contributed by atoms with E-state index in [0.717, 1.165) is 5.56 Å². The first-order valence-electron chi connectivity index (χ1n) is 3.74. The van der Waals surface area contributed by atoms with Gasteiger partial charge in [0.25, 0.3) is 0 Å². The third kappa shape index (κ3) is 1.90. The van der Waals surface area contributed by atoms with Crippen LogP contribution in [-0.2, 0) is 0 Å². The Kier molecular flexibility index (Phi) is 2.95. The molecule has 0 amide bonds. The summed E-state index contributed by atoms with van der Waals surface area (Å²) in [5, 5.41) is 18.4. The minimum atomic E-state index is 0.0121. The number of benzene rings is 1. The fourth-order valence-electron chi connectivity index (χ4n) is 1.01.